The molecule has 0 fully saturated rings. The van der Waals surface area contributed by atoms with Gasteiger partial charge in [0.25, 0.3) is 0 Å². The minimum atomic E-state index is 0.639. The predicted molar refractivity (Wildman–Crippen MR) is 110 cm³/mol. The molecule has 3 aromatic heterocycles. The van der Waals surface area contributed by atoms with Crippen molar-refractivity contribution in [1.29, 1.82) is 0 Å². The van der Waals surface area contributed by atoms with E-state index >= 15 is 0 Å². The summed E-state index contributed by atoms with van der Waals surface area (Å²) in [5.74, 6) is 2.53. The lowest BCUT2D eigenvalue weighted by Gasteiger charge is -2.19. The van der Waals surface area contributed by atoms with Crippen LogP contribution in [0.2, 0.25) is 0 Å². The van der Waals surface area contributed by atoms with E-state index in [0.29, 0.717) is 6.54 Å². The number of benzene rings is 1. The van der Waals surface area contributed by atoms with E-state index in [1.165, 1.54) is 5.56 Å². The number of rotatable bonds is 4. The number of anilines is 1. The smallest absolute Gasteiger partial charge is 0.227 e. The van der Waals surface area contributed by atoms with E-state index in [-0.39, 0.29) is 0 Å². The lowest BCUT2D eigenvalue weighted by Crippen LogP contribution is -2.25. The molecule has 1 aliphatic heterocycles. The van der Waals surface area contributed by atoms with Crippen molar-refractivity contribution in [3.63, 3.8) is 0 Å². The Kier molecular flexibility index (Phi) is 4.56. The maximum Gasteiger partial charge on any atom is 0.227 e. The van der Waals surface area contributed by atoms with Crippen LogP contribution >= 0.6 is 0 Å². The van der Waals surface area contributed by atoms with Gasteiger partial charge in [0.1, 0.15) is 5.69 Å². The molecule has 4 heterocycles. The third-order valence-electron chi connectivity index (χ3n) is 5.21. The Labute approximate surface area is 169 Å². The molecule has 0 spiro atoms. The summed E-state index contributed by atoms with van der Waals surface area (Å²) >= 11 is 0. The molecule has 29 heavy (non-hydrogen) atoms. The van der Waals surface area contributed by atoms with Crippen LogP contribution in [0, 0.1) is 6.92 Å². The Bertz CT molecular complexity index is 1120. The highest BCUT2D eigenvalue weighted by molar-refractivity contribution is 5.59. The molecule has 146 valence electrons. The Morgan fingerprint density at radius 3 is 2.76 bits per heavy atom. The van der Waals surface area contributed by atoms with Gasteiger partial charge in [0, 0.05) is 42.7 Å². The van der Waals surface area contributed by atoms with Crippen LogP contribution < -0.4 is 4.90 Å². The van der Waals surface area contributed by atoms with E-state index in [2.05, 4.69) is 48.9 Å². The van der Waals surface area contributed by atoms with E-state index in [9.17, 15) is 0 Å². The first-order valence-corrected chi connectivity index (χ1v) is 9.89. The van der Waals surface area contributed by atoms with Crippen molar-refractivity contribution in [2.75, 3.05) is 11.4 Å². The largest absolute Gasteiger partial charge is 0.356 e. The van der Waals surface area contributed by atoms with Crippen molar-refractivity contribution < 1.29 is 4.52 Å². The van der Waals surface area contributed by atoms with E-state index in [4.69, 9.17) is 4.52 Å². The molecular formula is C22H22N6O. The van der Waals surface area contributed by atoms with Gasteiger partial charge >= 0.3 is 0 Å². The molecule has 1 aliphatic rings. The van der Waals surface area contributed by atoms with Crippen LogP contribution in [-0.4, -0.2) is 31.4 Å². The first-order valence-electron chi connectivity index (χ1n) is 9.89. The van der Waals surface area contributed by atoms with Gasteiger partial charge < -0.3 is 9.42 Å². The molecule has 0 atom stereocenters. The summed E-state index contributed by atoms with van der Waals surface area (Å²) in [5, 5.41) is 13.3. The van der Waals surface area contributed by atoms with E-state index in [1.54, 1.807) is 6.20 Å². The summed E-state index contributed by atoms with van der Waals surface area (Å²) in [4.78, 5) is 6.45. The molecule has 0 saturated carbocycles. The average molecular weight is 386 g/mol. The molecule has 0 amide bonds. The normalized spacial score (nSPS) is 13.9. The molecule has 0 radical (unpaired) electrons. The number of aryl methyl sites for hydroxylation is 1. The maximum atomic E-state index is 5.61. The number of fused-ring (bicyclic) bond motifs is 1. The van der Waals surface area contributed by atoms with Crippen molar-refractivity contribution in [2.24, 2.45) is 0 Å². The summed E-state index contributed by atoms with van der Waals surface area (Å²) in [5.41, 5.74) is 4.11. The van der Waals surface area contributed by atoms with Crippen molar-refractivity contribution in [1.82, 2.24) is 24.9 Å². The second-order valence-electron chi connectivity index (χ2n) is 7.40. The van der Waals surface area contributed by atoms with Crippen LogP contribution in [0.25, 0.3) is 22.7 Å². The van der Waals surface area contributed by atoms with Gasteiger partial charge in [-0.3, -0.25) is 9.55 Å². The topological polar surface area (TPSA) is 72.9 Å². The SMILES string of the molecule is Cc1cccc(-c2cc(CN3CCCCn4c(-c5cccnc5)nnc43)no2)c1. The van der Waals surface area contributed by atoms with Gasteiger partial charge in [-0.15, -0.1) is 10.2 Å². The third kappa shape index (κ3) is 3.51. The van der Waals surface area contributed by atoms with Gasteiger partial charge in [0.2, 0.25) is 5.95 Å². The fourth-order valence-electron chi connectivity index (χ4n) is 3.78. The summed E-state index contributed by atoms with van der Waals surface area (Å²) in [6.45, 7) is 4.53. The summed E-state index contributed by atoms with van der Waals surface area (Å²) < 4.78 is 7.80. The Balaban J connectivity index is 1.43. The Morgan fingerprint density at radius 2 is 1.90 bits per heavy atom. The van der Waals surface area contributed by atoms with Gasteiger partial charge in [-0.05, 0) is 38.0 Å². The zero-order chi connectivity index (χ0) is 19.6. The minimum Gasteiger partial charge on any atom is -0.356 e. The molecule has 0 unspecified atom stereocenters. The van der Waals surface area contributed by atoms with E-state index in [1.807, 2.05) is 36.5 Å². The molecule has 0 N–H and O–H groups in total. The summed E-state index contributed by atoms with van der Waals surface area (Å²) in [6, 6.07) is 14.2. The van der Waals surface area contributed by atoms with Crippen LogP contribution in [0.5, 0.6) is 0 Å². The highest BCUT2D eigenvalue weighted by Crippen LogP contribution is 2.27. The fourth-order valence-corrected chi connectivity index (χ4v) is 3.78. The lowest BCUT2D eigenvalue weighted by atomic mass is 10.1. The van der Waals surface area contributed by atoms with Crippen molar-refractivity contribution in [3.8, 4) is 22.7 Å². The van der Waals surface area contributed by atoms with Gasteiger partial charge in [0.15, 0.2) is 11.6 Å². The fraction of sp³-hybridized carbons (Fsp3) is 0.273. The zero-order valence-electron chi connectivity index (χ0n) is 16.3. The number of aromatic nitrogens is 5. The molecule has 7 nitrogen and oxygen atoms in total. The van der Waals surface area contributed by atoms with Gasteiger partial charge in [0.05, 0.1) is 6.54 Å². The average Bonchev–Trinajstić information content (AvgIpc) is 3.33. The number of hydrogen-bond acceptors (Lipinski definition) is 6. The van der Waals surface area contributed by atoms with Crippen LogP contribution in [0.15, 0.2) is 59.4 Å². The highest BCUT2D eigenvalue weighted by atomic mass is 16.5. The van der Waals surface area contributed by atoms with Crippen LogP contribution in [-0.2, 0) is 13.1 Å². The first kappa shape index (κ1) is 17.6. The molecule has 0 aliphatic carbocycles. The van der Waals surface area contributed by atoms with E-state index < -0.39 is 0 Å². The van der Waals surface area contributed by atoms with E-state index in [0.717, 1.165) is 60.3 Å². The number of hydrogen-bond donors (Lipinski definition) is 0. The zero-order valence-corrected chi connectivity index (χ0v) is 16.3. The minimum absolute atomic E-state index is 0.639. The second kappa shape index (κ2) is 7.50. The molecular weight excluding hydrogens is 364 g/mol. The summed E-state index contributed by atoms with van der Waals surface area (Å²) in [6.07, 6.45) is 5.78. The quantitative estimate of drug-likeness (QED) is 0.526. The molecule has 0 bridgehead atoms. The Morgan fingerprint density at radius 1 is 1.00 bits per heavy atom. The highest BCUT2D eigenvalue weighted by Gasteiger charge is 2.23. The van der Waals surface area contributed by atoms with Crippen molar-refractivity contribution >= 4 is 5.95 Å². The number of pyridine rings is 1. The maximum absolute atomic E-state index is 5.61. The molecule has 7 heteroatoms. The van der Waals surface area contributed by atoms with Gasteiger partial charge in [-0.25, -0.2) is 0 Å². The molecule has 1 aromatic carbocycles. The van der Waals surface area contributed by atoms with Crippen LogP contribution in [0.1, 0.15) is 24.1 Å². The molecule has 4 aromatic rings. The standard InChI is InChI=1S/C22H22N6O/c1-16-6-4-7-17(12-16)20-13-19(26-29-20)15-27-10-2-3-11-28-21(24-25-22(27)28)18-8-5-9-23-14-18/h4-9,12-14H,2-3,10-11,15H2,1H3. The van der Waals surface area contributed by atoms with Gasteiger partial charge in [-0.1, -0.05) is 28.9 Å². The van der Waals surface area contributed by atoms with Crippen LogP contribution in [0.3, 0.4) is 0 Å². The van der Waals surface area contributed by atoms with Crippen molar-refractivity contribution in [2.45, 2.75) is 32.9 Å². The number of nitrogens with zero attached hydrogens (tertiary/aromatic N) is 6. The van der Waals surface area contributed by atoms with Crippen LogP contribution in [0.4, 0.5) is 5.95 Å². The monoisotopic (exact) mass is 386 g/mol. The summed E-state index contributed by atoms with van der Waals surface area (Å²) in [7, 11) is 0. The second-order valence-corrected chi connectivity index (χ2v) is 7.40. The Hall–Kier alpha value is -3.48. The third-order valence-corrected chi connectivity index (χ3v) is 5.21. The molecule has 0 saturated heterocycles. The van der Waals surface area contributed by atoms with Gasteiger partial charge in [-0.2, -0.15) is 0 Å². The predicted octanol–water partition coefficient (Wildman–Crippen LogP) is 4.10. The molecule has 5 rings (SSSR count). The first-order chi connectivity index (χ1) is 14.3. The lowest BCUT2D eigenvalue weighted by molar-refractivity contribution is 0.422. The van der Waals surface area contributed by atoms with Crippen molar-refractivity contribution in [3.05, 3.63) is 66.1 Å².